The summed E-state index contributed by atoms with van der Waals surface area (Å²) in [7, 11) is 0. The molecule has 0 heterocycles. The van der Waals surface area contributed by atoms with Gasteiger partial charge < -0.3 is 9.47 Å². The topological polar surface area (TPSA) is 59.3 Å². The van der Waals surface area contributed by atoms with Crippen molar-refractivity contribution in [2.75, 3.05) is 6.61 Å². The predicted octanol–water partition coefficient (Wildman–Crippen LogP) is 4.49. The lowest BCUT2D eigenvalue weighted by molar-refractivity contribution is -0.140. The molecule has 2 rings (SSSR count). The number of hydrogen-bond donors (Lipinski definition) is 0. The zero-order chi connectivity index (χ0) is 16.7. The van der Waals surface area contributed by atoms with Gasteiger partial charge in [0.15, 0.2) is 0 Å². The molecule has 0 unspecified atom stereocenters. The van der Waals surface area contributed by atoms with Crippen molar-refractivity contribution in [2.24, 2.45) is 11.3 Å². The smallest absolute Gasteiger partial charge is 0.314 e. The number of ether oxygens (including phenoxy) is 2. The van der Waals surface area contributed by atoms with Crippen LogP contribution in [0.25, 0.3) is 0 Å². The van der Waals surface area contributed by atoms with Crippen molar-refractivity contribution in [3.05, 3.63) is 24.3 Å². The van der Waals surface area contributed by atoms with E-state index in [0.717, 1.165) is 44.3 Å². The van der Waals surface area contributed by atoms with Crippen LogP contribution in [0.15, 0.2) is 24.3 Å². The fraction of sp³-hybridized carbons (Fsp3) is 0.579. The van der Waals surface area contributed by atoms with Gasteiger partial charge in [0.25, 0.3) is 0 Å². The summed E-state index contributed by atoms with van der Waals surface area (Å²) in [4.78, 5) is 12.3. The lowest BCUT2D eigenvalue weighted by atomic mass is 9.69. The number of carbonyl (C=O) groups excluding carboxylic acids is 1. The molecule has 0 N–H and O–H groups in total. The second kappa shape index (κ2) is 8.01. The Hall–Kier alpha value is -2.02. The minimum absolute atomic E-state index is 0.0973. The Balaban J connectivity index is 1.89. The number of benzene rings is 1. The van der Waals surface area contributed by atoms with E-state index in [0.29, 0.717) is 12.4 Å². The lowest BCUT2D eigenvalue weighted by Gasteiger charge is -2.33. The van der Waals surface area contributed by atoms with E-state index in [-0.39, 0.29) is 17.3 Å². The zero-order valence-corrected chi connectivity index (χ0v) is 14.0. The fourth-order valence-electron chi connectivity index (χ4n) is 3.27. The summed E-state index contributed by atoms with van der Waals surface area (Å²) < 4.78 is 10.8. The van der Waals surface area contributed by atoms with Gasteiger partial charge in [0.05, 0.1) is 24.0 Å². The molecule has 0 radical (unpaired) electrons. The number of hydrogen-bond acceptors (Lipinski definition) is 4. The van der Waals surface area contributed by atoms with Crippen LogP contribution in [0, 0.1) is 22.7 Å². The molecule has 1 aromatic carbocycles. The molecule has 1 aliphatic carbocycles. The van der Waals surface area contributed by atoms with E-state index in [2.05, 4.69) is 13.0 Å². The van der Waals surface area contributed by atoms with Gasteiger partial charge >= 0.3 is 5.97 Å². The zero-order valence-electron chi connectivity index (χ0n) is 14.0. The average molecular weight is 315 g/mol. The van der Waals surface area contributed by atoms with Crippen molar-refractivity contribution in [3.63, 3.8) is 0 Å². The van der Waals surface area contributed by atoms with Crippen LogP contribution >= 0.6 is 0 Å². The SMILES string of the molecule is CCC[C@]1(C#N)CC[C@H](C(=O)Oc2ccc(OCC)cc2)CC1. The van der Waals surface area contributed by atoms with E-state index >= 15 is 0 Å². The van der Waals surface area contributed by atoms with Crippen LogP contribution in [0.3, 0.4) is 0 Å². The molecule has 4 heteroatoms. The van der Waals surface area contributed by atoms with Crippen molar-refractivity contribution in [1.29, 1.82) is 5.26 Å². The molecule has 0 aromatic heterocycles. The van der Waals surface area contributed by atoms with Gasteiger partial charge in [0.1, 0.15) is 11.5 Å². The van der Waals surface area contributed by atoms with Crippen LogP contribution in [-0.2, 0) is 4.79 Å². The number of nitrogens with zero attached hydrogens (tertiary/aromatic N) is 1. The van der Waals surface area contributed by atoms with Crippen LogP contribution in [0.1, 0.15) is 52.4 Å². The van der Waals surface area contributed by atoms with Crippen molar-refractivity contribution >= 4 is 5.97 Å². The molecule has 0 atom stereocenters. The van der Waals surface area contributed by atoms with E-state index in [1.807, 2.05) is 6.92 Å². The Labute approximate surface area is 138 Å². The molecule has 23 heavy (non-hydrogen) atoms. The molecule has 1 aliphatic rings. The molecule has 0 aliphatic heterocycles. The summed E-state index contributed by atoms with van der Waals surface area (Å²) in [5, 5.41) is 9.42. The highest BCUT2D eigenvalue weighted by Crippen LogP contribution is 2.42. The highest BCUT2D eigenvalue weighted by molar-refractivity contribution is 5.75. The van der Waals surface area contributed by atoms with E-state index in [1.165, 1.54) is 0 Å². The van der Waals surface area contributed by atoms with Gasteiger partial charge in [-0.25, -0.2) is 0 Å². The summed E-state index contributed by atoms with van der Waals surface area (Å²) in [5.74, 6) is 1.03. The van der Waals surface area contributed by atoms with Gasteiger partial charge in [0, 0.05) is 0 Å². The molecular formula is C19H25NO3. The first kappa shape index (κ1) is 17.3. The third-order valence-electron chi connectivity index (χ3n) is 4.59. The molecule has 4 nitrogen and oxygen atoms in total. The van der Waals surface area contributed by atoms with E-state index < -0.39 is 0 Å². The monoisotopic (exact) mass is 315 g/mol. The van der Waals surface area contributed by atoms with Crippen LogP contribution in [0.2, 0.25) is 0 Å². The highest BCUT2D eigenvalue weighted by Gasteiger charge is 2.37. The molecular weight excluding hydrogens is 290 g/mol. The van der Waals surface area contributed by atoms with Gasteiger partial charge in [-0.15, -0.1) is 0 Å². The molecule has 1 fully saturated rings. The van der Waals surface area contributed by atoms with Crippen molar-refractivity contribution in [3.8, 4) is 17.6 Å². The Morgan fingerprint density at radius 3 is 2.35 bits per heavy atom. The van der Waals surface area contributed by atoms with Crippen LogP contribution < -0.4 is 9.47 Å². The van der Waals surface area contributed by atoms with Crippen LogP contribution in [-0.4, -0.2) is 12.6 Å². The maximum atomic E-state index is 12.3. The fourth-order valence-corrected chi connectivity index (χ4v) is 3.27. The minimum Gasteiger partial charge on any atom is -0.494 e. The average Bonchev–Trinajstić information content (AvgIpc) is 2.58. The summed E-state index contributed by atoms with van der Waals surface area (Å²) in [6.07, 6.45) is 4.99. The predicted molar refractivity (Wildman–Crippen MR) is 88.2 cm³/mol. The first-order valence-corrected chi connectivity index (χ1v) is 8.48. The van der Waals surface area contributed by atoms with Gasteiger partial charge in [-0.1, -0.05) is 13.3 Å². The van der Waals surface area contributed by atoms with E-state index in [9.17, 15) is 10.1 Å². The standard InChI is InChI=1S/C19H25NO3/c1-3-11-19(14-20)12-9-15(10-13-19)18(21)23-17-7-5-16(6-8-17)22-4-2/h5-8,15H,3-4,9-13H2,1-2H3/t15-,19-. The summed E-state index contributed by atoms with van der Waals surface area (Å²) in [6, 6.07) is 9.59. The lowest BCUT2D eigenvalue weighted by Crippen LogP contribution is -2.31. The van der Waals surface area contributed by atoms with Crippen molar-refractivity contribution < 1.29 is 14.3 Å². The summed E-state index contributed by atoms with van der Waals surface area (Å²) in [6.45, 7) is 4.64. The quantitative estimate of drug-likeness (QED) is 0.573. The van der Waals surface area contributed by atoms with Gasteiger partial charge in [-0.05, 0) is 63.3 Å². The van der Waals surface area contributed by atoms with Crippen LogP contribution in [0.4, 0.5) is 0 Å². The molecule has 0 saturated heterocycles. The normalized spacial score (nSPS) is 23.8. The summed E-state index contributed by atoms with van der Waals surface area (Å²) >= 11 is 0. The minimum atomic E-state index is -0.231. The van der Waals surface area contributed by atoms with Gasteiger partial charge in [-0.3, -0.25) is 4.79 Å². The van der Waals surface area contributed by atoms with Gasteiger partial charge in [-0.2, -0.15) is 5.26 Å². The first-order chi connectivity index (χ1) is 11.1. The molecule has 1 aromatic rings. The molecule has 124 valence electrons. The van der Waals surface area contributed by atoms with Crippen molar-refractivity contribution in [1.82, 2.24) is 0 Å². The van der Waals surface area contributed by atoms with Crippen LogP contribution in [0.5, 0.6) is 11.5 Å². The number of rotatable bonds is 6. The number of esters is 1. The highest BCUT2D eigenvalue weighted by atomic mass is 16.5. The van der Waals surface area contributed by atoms with E-state index in [1.54, 1.807) is 24.3 Å². The number of carbonyl (C=O) groups is 1. The Kier molecular flexibility index (Phi) is 6.04. The van der Waals surface area contributed by atoms with Crippen molar-refractivity contribution in [2.45, 2.75) is 52.4 Å². The largest absolute Gasteiger partial charge is 0.494 e. The Morgan fingerprint density at radius 2 is 1.83 bits per heavy atom. The maximum Gasteiger partial charge on any atom is 0.314 e. The van der Waals surface area contributed by atoms with E-state index in [4.69, 9.17) is 9.47 Å². The maximum absolute atomic E-state index is 12.3. The second-order valence-corrected chi connectivity index (χ2v) is 6.24. The third-order valence-corrected chi connectivity index (χ3v) is 4.59. The molecule has 0 bridgehead atoms. The van der Waals surface area contributed by atoms with Gasteiger partial charge in [0.2, 0.25) is 0 Å². The second-order valence-electron chi connectivity index (χ2n) is 6.24. The summed E-state index contributed by atoms with van der Waals surface area (Å²) in [5.41, 5.74) is -0.231. The third kappa shape index (κ3) is 4.48. The molecule has 0 spiro atoms. The Bertz CT molecular complexity index is 551. The Morgan fingerprint density at radius 1 is 1.22 bits per heavy atom. The first-order valence-electron chi connectivity index (χ1n) is 8.48. The number of nitriles is 1. The molecule has 0 amide bonds. The molecule has 1 saturated carbocycles.